The van der Waals surface area contributed by atoms with Crippen LogP contribution in [0.25, 0.3) is 5.57 Å². The van der Waals surface area contributed by atoms with E-state index in [1.165, 1.54) is 0 Å². The highest BCUT2D eigenvalue weighted by Crippen LogP contribution is 2.50. The quantitative estimate of drug-likeness (QED) is 0.219. The van der Waals surface area contributed by atoms with Gasteiger partial charge in [-0.3, -0.25) is 14.5 Å². The number of hydrogen-bond acceptors (Lipinski definition) is 6. The monoisotopic (exact) mass is 596 g/mol. The molecule has 2 aromatic carbocycles. The Bertz CT molecular complexity index is 1380. The van der Waals surface area contributed by atoms with Crippen LogP contribution in [-0.2, 0) is 19.1 Å². The second kappa shape index (κ2) is 13.1. The standard InChI is InChI=1S/C32H34Cl2N2O5/c1-6-9-23(7-2)20-40-35-16-14-32(15-17-35)29(41-31(38)39-8-3)28(27-21(4)18-25(34)19-22(27)5)30(37)36(32)26-12-10-24(33)11-13-26/h6-7,9-13,18-19H,1-2,8,14-17,20H2,3-5H3/b23-9+. The number of nitrogens with zero attached hydrogens (tertiary/aromatic N) is 2. The maximum absolute atomic E-state index is 14.5. The fourth-order valence-corrected chi connectivity index (χ4v) is 5.98. The third-order valence-electron chi connectivity index (χ3n) is 7.33. The van der Waals surface area contributed by atoms with Crippen LogP contribution in [0.5, 0.6) is 0 Å². The lowest BCUT2D eigenvalue weighted by Crippen LogP contribution is -2.56. The number of ether oxygens (including phenoxy) is 2. The van der Waals surface area contributed by atoms with Gasteiger partial charge in [0, 0.05) is 28.8 Å². The normalized spacial score (nSPS) is 17.2. The Labute approximate surface area is 251 Å². The van der Waals surface area contributed by atoms with Crippen molar-refractivity contribution in [2.45, 2.75) is 39.2 Å². The Morgan fingerprint density at radius 3 is 2.24 bits per heavy atom. The molecule has 2 aliphatic rings. The molecule has 216 valence electrons. The minimum atomic E-state index is -0.983. The zero-order valence-corrected chi connectivity index (χ0v) is 25.1. The molecule has 2 aromatic rings. The van der Waals surface area contributed by atoms with Gasteiger partial charge in [-0.2, -0.15) is 5.06 Å². The van der Waals surface area contributed by atoms with Crippen LogP contribution in [-0.4, -0.2) is 49.0 Å². The van der Waals surface area contributed by atoms with Gasteiger partial charge in [-0.05, 0) is 92.3 Å². The van der Waals surface area contributed by atoms with Gasteiger partial charge >= 0.3 is 6.16 Å². The molecule has 0 atom stereocenters. The molecule has 2 aliphatic heterocycles. The van der Waals surface area contributed by atoms with Crippen LogP contribution < -0.4 is 4.90 Å². The average molecular weight is 598 g/mol. The average Bonchev–Trinajstić information content (AvgIpc) is 3.14. The topological polar surface area (TPSA) is 68.3 Å². The highest BCUT2D eigenvalue weighted by Gasteiger charge is 2.56. The maximum atomic E-state index is 14.5. The number of piperidine rings is 1. The first-order valence-corrected chi connectivity index (χ1v) is 14.2. The molecule has 0 aliphatic carbocycles. The molecule has 1 spiro atoms. The van der Waals surface area contributed by atoms with Crippen molar-refractivity contribution in [3.8, 4) is 0 Å². The van der Waals surface area contributed by atoms with E-state index in [0.717, 1.165) is 16.7 Å². The number of benzene rings is 2. The predicted molar refractivity (Wildman–Crippen MR) is 163 cm³/mol. The first kappa shape index (κ1) is 30.6. The van der Waals surface area contributed by atoms with Gasteiger partial charge in [0.15, 0.2) is 5.76 Å². The predicted octanol–water partition coefficient (Wildman–Crippen LogP) is 7.61. The molecule has 2 heterocycles. The molecule has 0 aromatic heterocycles. The van der Waals surface area contributed by atoms with Crippen LogP contribution in [0.1, 0.15) is 36.5 Å². The number of amides is 1. The number of halogens is 2. The van der Waals surface area contributed by atoms with Crippen molar-refractivity contribution in [3.63, 3.8) is 0 Å². The van der Waals surface area contributed by atoms with Gasteiger partial charge in [0.25, 0.3) is 5.91 Å². The number of rotatable bonds is 9. The van der Waals surface area contributed by atoms with Crippen molar-refractivity contribution in [3.05, 3.63) is 106 Å². The molecule has 9 heteroatoms. The Kier molecular flexibility index (Phi) is 9.76. The van der Waals surface area contributed by atoms with Gasteiger partial charge in [-0.25, -0.2) is 4.79 Å². The van der Waals surface area contributed by atoms with Gasteiger partial charge in [0.1, 0.15) is 5.54 Å². The summed E-state index contributed by atoms with van der Waals surface area (Å²) in [5.74, 6) is -0.0141. The van der Waals surface area contributed by atoms with Crippen LogP contribution in [0.2, 0.25) is 10.0 Å². The number of anilines is 1. The molecule has 0 bridgehead atoms. The molecule has 1 amide bonds. The summed E-state index contributed by atoms with van der Waals surface area (Å²) in [6.07, 6.45) is 5.25. The summed E-state index contributed by atoms with van der Waals surface area (Å²) in [4.78, 5) is 35.1. The Morgan fingerprint density at radius 1 is 1.05 bits per heavy atom. The molecule has 1 fully saturated rings. The third kappa shape index (κ3) is 6.28. The van der Waals surface area contributed by atoms with E-state index >= 15 is 0 Å². The van der Waals surface area contributed by atoms with E-state index in [4.69, 9.17) is 37.5 Å². The molecule has 7 nitrogen and oxygen atoms in total. The maximum Gasteiger partial charge on any atom is 0.513 e. The van der Waals surface area contributed by atoms with Gasteiger partial charge in [0.05, 0.1) is 18.8 Å². The van der Waals surface area contributed by atoms with E-state index in [2.05, 4.69) is 13.2 Å². The summed E-state index contributed by atoms with van der Waals surface area (Å²) < 4.78 is 11.2. The number of allylic oxidation sites excluding steroid dienone is 2. The van der Waals surface area contributed by atoms with E-state index in [1.807, 2.05) is 25.0 Å². The Balaban J connectivity index is 1.84. The third-order valence-corrected chi connectivity index (χ3v) is 7.80. The lowest BCUT2D eigenvalue weighted by atomic mass is 9.84. The molecule has 41 heavy (non-hydrogen) atoms. The molecule has 0 radical (unpaired) electrons. The lowest BCUT2D eigenvalue weighted by Gasteiger charge is -2.45. The summed E-state index contributed by atoms with van der Waals surface area (Å²) in [5.41, 5.74) is 3.13. The zero-order valence-electron chi connectivity index (χ0n) is 23.5. The van der Waals surface area contributed by atoms with E-state index in [9.17, 15) is 9.59 Å². The van der Waals surface area contributed by atoms with Gasteiger partial charge in [-0.15, -0.1) is 0 Å². The number of hydroxylamine groups is 2. The highest BCUT2D eigenvalue weighted by atomic mass is 35.5. The number of carbonyl (C=O) groups is 2. The highest BCUT2D eigenvalue weighted by molar-refractivity contribution is 6.33. The summed E-state index contributed by atoms with van der Waals surface area (Å²) in [6, 6.07) is 10.7. The minimum Gasteiger partial charge on any atom is -0.434 e. The Morgan fingerprint density at radius 2 is 1.68 bits per heavy atom. The summed E-state index contributed by atoms with van der Waals surface area (Å²) in [5, 5.41) is 2.96. The Hall–Kier alpha value is -3.36. The fraction of sp³-hybridized carbons (Fsp3) is 0.312. The fourth-order valence-electron chi connectivity index (χ4n) is 5.52. The summed E-state index contributed by atoms with van der Waals surface area (Å²) in [6.45, 7) is 14.4. The van der Waals surface area contributed by atoms with Gasteiger partial charge in [-0.1, -0.05) is 54.6 Å². The first-order valence-electron chi connectivity index (χ1n) is 13.4. The molecule has 0 saturated carbocycles. The number of carbonyl (C=O) groups excluding carboxylic acids is 2. The summed E-state index contributed by atoms with van der Waals surface area (Å²) in [7, 11) is 0. The second-order valence-electron chi connectivity index (χ2n) is 9.94. The van der Waals surface area contributed by atoms with Crippen molar-refractivity contribution < 1.29 is 23.9 Å². The number of hydrogen-bond donors (Lipinski definition) is 0. The molecule has 4 rings (SSSR count). The van der Waals surface area contributed by atoms with Crippen molar-refractivity contribution >= 4 is 46.5 Å². The van der Waals surface area contributed by atoms with Crippen molar-refractivity contribution in [2.24, 2.45) is 0 Å². The van der Waals surface area contributed by atoms with Gasteiger partial charge < -0.3 is 9.47 Å². The largest absolute Gasteiger partial charge is 0.513 e. The van der Waals surface area contributed by atoms with Crippen LogP contribution in [0.4, 0.5) is 10.5 Å². The first-order chi connectivity index (χ1) is 19.6. The van der Waals surface area contributed by atoms with Crippen molar-refractivity contribution in [1.82, 2.24) is 5.06 Å². The minimum absolute atomic E-state index is 0.133. The second-order valence-corrected chi connectivity index (χ2v) is 10.8. The molecule has 0 unspecified atom stereocenters. The van der Waals surface area contributed by atoms with Crippen molar-refractivity contribution in [1.29, 1.82) is 0 Å². The van der Waals surface area contributed by atoms with Crippen LogP contribution in [0, 0.1) is 13.8 Å². The lowest BCUT2D eigenvalue weighted by molar-refractivity contribution is -0.167. The van der Waals surface area contributed by atoms with Crippen LogP contribution >= 0.6 is 23.2 Å². The van der Waals surface area contributed by atoms with E-state index in [0.29, 0.717) is 59.4 Å². The van der Waals surface area contributed by atoms with Crippen LogP contribution in [0.15, 0.2) is 79.1 Å². The summed E-state index contributed by atoms with van der Waals surface area (Å²) >= 11 is 12.5. The van der Waals surface area contributed by atoms with Crippen LogP contribution in [0.3, 0.4) is 0 Å². The molecular formula is C32H34Cl2N2O5. The smallest absolute Gasteiger partial charge is 0.434 e. The van der Waals surface area contributed by atoms with Crippen molar-refractivity contribution in [2.75, 3.05) is 31.2 Å². The SMILES string of the molecule is C=C/C=C(\C=C)CON1CCC2(CC1)C(OC(=O)OCC)=C(c1c(C)cc(Cl)cc1C)C(=O)N2c1ccc(Cl)cc1. The van der Waals surface area contributed by atoms with E-state index in [1.54, 1.807) is 60.4 Å². The molecular weight excluding hydrogens is 563 g/mol. The number of aryl methyl sites for hydroxylation is 2. The van der Waals surface area contributed by atoms with Gasteiger partial charge in [0.2, 0.25) is 0 Å². The van der Waals surface area contributed by atoms with E-state index in [-0.39, 0.29) is 18.3 Å². The molecule has 1 saturated heterocycles. The zero-order chi connectivity index (χ0) is 29.7. The molecule has 0 N–H and O–H groups in total. The van der Waals surface area contributed by atoms with E-state index < -0.39 is 11.7 Å².